The average Bonchev–Trinajstić information content (AvgIpc) is 2.37. The molecule has 0 radical (unpaired) electrons. The largest absolute Gasteiger partial charge is 0.310 e. The van der Waals surface area contributed by atoms with E-state index in [0.717, 1.165) is 11.6 Å². The quantitative estimate of drug-likeness (QED) is 0.798. The summed E-state index contributed by atoms with van der Waals surface area (Å²) in [4.78, 5) is 0. The Morgan fingerprint density at radius 1 is 1.05 bits per heavy atom. The summed E-state index contributed by atoms with van der Waals surface area (Å²) in [6.07, 6.45) is 0.532. The Morgan fingerprint density at radius 2 is 1.71 bits per heavy atom. The Hall–Kier alpha value is -1.16. The van der Waals surface area contributed by atoms with Gasteiger partial charge in [0.2, 0.25) is 0 Å². The molecule has 0 bridgehead atoms. The third-order valence-electron chi connectivity index (χ3n) is 3.22. The fourth-order valence-electron chi connectivity index (χ4n) is 2.15. The van der Waals surface area contributed by atoms with Crippen molar-refractivity contribution in [3.8, 4) is 0 Å². The third kappa shape index (κ3) is 4.67. The zero-order valence-corrected chi connectivity index (χ0v) is 13.0. The van der Waals surface area contributed by atoms with Crippen LogP contribution in [0.3, 0.4) is 0 Å². The van der Waals surface area contributed by atoms with Gasteiger partial charge in [-0.25, -0.2) is 8.78 Å². The van der Waals surface area contributed by atoms with Gasteiger partial charge in [-0.3, -0.25) is 0 Å². The first-order chi connectivity index (χ1) is 9.95. The van der Waals surface area contributed by atoms with Crippen LogP contribution in [0, 0.1) is 11.6 Å². The zero-order chi connectivity index (χ0) is 15.4. The topological polar surface area (TPSA) is 12.0 Å². The summed E-state index contributed by atoms with van der Waals surface area (Å²) in [6.45, 7) is 2.56. The van der Waals surface area contributed by atoms with Gasteiger partial charge < -0.3 is 5.32 Å². The molecule has 1 N–H and O–H groups in total. The Labute approximate surface area is 132 Å². The van der Waals surface area contributed by atoms with E-state index in [9.17, 15) is 8.78 Å². The summed E-state index contributed by atoms with van der Waals surface area (Å²) in [5, 5.41) is 4.46. The molecule has 0 aliphatic heterocycles. The second kappa shape index (κ2) is 7.21. The van der Waals surface area contributed by atoms with Gasteiger partial charge in [-0.2, -0.15) is 0 Å². The number of nitrogens with one attached hydrogen (secondary N) is 1. The summed E-state index contributed by atoms with van der Waals surface area (Å²) >= 11 is 12.0. The molecule has 0 aliphatic carbocycles. The standard InChI is InChI=1S/C16H15Cl2F2N/c1-10(15-3-2-12(17)8-16(15)18)21-5-4-11-6-13(19)9-14(20)7-11/h2-3,6-10,21H,4-5H2,1H3. The second-order valence-corrected chi connectivity index (χ2v) is 5.71. The summed E-state index contributed by atoms with van der Waals surface area (Å²) in [5.41, 5.74) is 1.56. The lowest BCUT2D eigenvalue weighted by Crippen LogP contribution is -2.21. The van der Waals surface area contributed by atoms with Gasteiger partial charge in [0.05, 0.1) is 0 Å². The van der Waals surface area contributed by atoms with E-state index in [2.05, 4.69) is 5.32 Å². The Balaban J connectivity index is 1.93. The van der Waals surface area contributed by atoms with E-state index in [1.165, 1.54) is 12.1 Å². The van der Waals surface area contributed by atoms with E-state index >= 15 is 0 Å². The average molecular weight is 330 g/mol. The minimum Gasteiger partial charge on any atom is -0.310 e. The normalized spacial score (nSPS) is 12.4. The minimum atomic E-state index is -0.557. The van der Waals surface area contributed by atoms with Crippen LogP contribution in [-0.4, -0.2) is 6.54 Å². The van der Waals surface area contributed by atoms with E-state index in [4.69, 9.17) is 23.2 Å². The number of hydrogen-bond donors (Lipinski definition) is 1. The van der Waals surface area contributed by atoms with Crippen molar-refractivity contribution < 1.29 is 8.78 Å². The molecule has 0 saturated carbocycles. The Bertz CT molecular complexity index is 611. The molecule has 0 amide bonds. The number of rotatable bonds is 5. The van der Waals surface area contributed by atoms with Crippen molar-refractivity contribution in [2.75, 3.05) is 6.54 Å². The Kier molecular flexibility index (Phi) is 5.57. The molecular weight excluding hydrogens is 315 g/mol. The van der Waals surface area contributed by atoms with Gasteiger partial charge >= 0.3 is 0 Å². The summed E-state index contributed by atoms with van der Waals surface area (Å²) < 4.78 is 26.2. The summed E-state index contributed by atoms with van der Waals surface area (Å²) in [6, 6.07) is 8.90. The molecule has 21 heavy (non-hydrogen) atoms. The fourth-order valence-corrected chi connectivity index (χ4v) is 2.72. The fraction of sp³-hybridized carbons (Fsp3) is 0.250. The van der Waals surface area contributed by atoms with Crippen LogP contribution in [0.25, 0.3) is 0 Å². The molecule has 0 heterocycles. The molecule has 0 aromatic heterocycles. The van der Waals surface area contributed by atoms with Gasteiger partial charge in [0.1, 0.15) is 11.6 Å². The van der Waals surface area contributed by atoms with Crippen molar-refractivity contribution in [3.05, 3.63) is 69.2 Å². The monoisotopic (exact) mass is 329 g/mol. The van der Waals surface area contributed by atoms with Crippen LogP contribution in [-0.2, 0) is 6.42 Å². The first-order valence-corrected chi connectivity index (χ1v) is 7.34. The highest BCUT2D eigenvalue weighted by Gasteiger charge is 2.09. The first-order valence-electron chi connectivity index (χ1n) is 6.59. The van der Waals surface area contributed by atoms with Crippen molar-refractivity contribution >= 4 is 23.2 Å². The van der Waals surface area contributed by atoms with E-state index in [1.807, 2.05) is 13.0 Å². The van der Waals surface area contributed by atoms with E-state index < -0.39 is 11.6 Å². The van der Waals surface area contributed by atoms with Crippen LogP contribution >= 0.6 is 23.2 Å². The maximum atomic E-state index is 13.1. The van der Waals surface area contributed by atoms with Crippen molar-refractivity contribution in [2.45, 2.75) is 19.4 Å². The van der Waals surface area contributed by atoms with Crippen LogP contribution in [0.5, 0.6) is 0 Å². The van der Waals surface area contributed by atoms with E-state index in [1.54, 1.807) is 12.1 Å². The summed E-state index contributed by atoms with van der Waals surface area (Å²) in [5.74, 6) is -1.11. The third-order valence-corrected chi connectivity index (χ3v) is 3.78. The van der Waals surface area contributed by atoms with Gasteiger partial charge in [0, 0.05) is 22.2 Å². The van der Waals surface area contributed by atoms with Crippen molar-refractivity contribution in [3.63, 3.8) is 0 Å². The second-order valence-electron chi connectivity index (χ2n) is 4.87. The molecule has 2 aromatic carbocycles. The maximum Gasteiger partial charge on any atom is 0.126 e. The molecule has 1 unspecified atom stereocenters. The van der Waals surface area contributed by atoms with Gasteiger partial charge in [-0.15, -0.1) is 0 Å². The van der Waals surface area contributed by atoms with Crippen molar-refractivity contribution in [2.24, 2.45) is 0 Å². The molecule has 0 fully saturated rings. The molecule has 5 heteroatoms. The number of benzene rings is 2. The highest BCUT2D eigenvalue weighted by Crippen LogP contribution is 2.26. The maximum absolute atomic E-state index is 13.1. The van der Waals surface area contributed by atoms with Gasteiger partial charge in [0.15, 0.2) is 0 Å². The molecule has 2 rings (SSSR count). The predicted octanol–water partition coefficient (Wildman–Crippen LogP) is 5.16. The molecule has 0 spiro atoms. The summed E-state index contributed by atoms with van der Waals surface area (Å²) in [7, 11) is 0. The smallest absolute Gasteiger partial charge is 0.126 e. The van der Waals surface area contributed by atoms with Crippen LogP contribution in [0.4, 0.5) is 8.78 Å². The predicted molar refractivity (Wildman–Crippen MR) is 82.9 cm³/mol. The SMILES string of the molecule is CC(NCCc1cc(F)cc(F)c1)c1ccc(Cl)cc1Cl. The lowest BCUT2D eigenvalue weighted by Gasteiger charge is -2.16. The lowest BCUT2D eigenvalue weighted by molar-refractivity contribution is 0.563. The highest BCUT2D eigenvalue weighted by atomic mass is 35.5. The highest BCUT2D eigenvalue weighted by molar-refractivity contribution is 6.35. The zero-order valence-electron chi connectivity index (χ0n) is 11.5. The van der Waals surface area contributed by atoms with E-state index in [0.29, 0.717) is 28.6 Å². The van der Waals surface area contributed by atoms with Crippen LogP contribution < -0.4 is 5.32 Å². The minimum absolute atomic E-state index is 0.0215. The molecule has 0 saturated heterocycles. The number of halogens is 4. The molecular formula is C16H15Cl2F2N. The van der Waals surface area contributed by atoms with Crippen LogP contribution in [0.1, 0.15) is 24.1 Å². The van der Waals surface area contributed by atoms with Gasteiger partial charge in [0.25, 0.3) is 0 Å². The van der Waals surface area contributed by atoms with Crippen molar-refractivity contribution in [1.82, 2.24) is 5.32 Å². The van der Waals surface area contributed by atoms with Gasteiger partial charge in [-0.1, -0.05) is 29.3 Å². The van der Waals surface area contributed by atoms with E-state index in [-0.39, 0.29) is 6.04 Å². The molecule has 1 nitrogen and oxygen atoms in total. The first kappa shape index (κ1) is 16.2. The van der Waals surface area contributed by atoms with Gasteiger partial charge in [-0.05, 0) is 55.3 Å². The Morgan fingerprint density at radius 3 is 2.33 bits per heavy atom. The lowest BCUT2D eigenvalue weighted by atomic mass is 10.1. The molecule has 0 aliphatic rings. The van der Waals surface area contributed by atoms with Crippen molar-refractivity contribution in [1.29, 1.82) is 0 Å². The molecule has 112 valence electrons. The molecule has 2 aromatic rings. The van der Waals surface area contributed by atoms with Crippen LogP contribution in [0.2, 0.25) is 10.0 Å². The van der Waals surface area contributed by atoms with Crippen LogP contribution in [0.15, 0.2) is 36.4 Å². The molecule has 1 atom stereocenters. The number of hydrogen-bond acceptors (Lipinski definition) is 1.